The summed E-state index contributed by atoms with van der Waals surface area (Å²) < 4.78 is 32.7. The topological polar surface area (TPSA) is 149 Å². The molecular formula is C44H85O10P. The van der Waals surface area contributed by atoms with E-state index < -0.39 is 51.8 Å². The van der Waals surface area contributed by atoms with Gasteiger partial charge in [-0.2, -0.15) is 0 Å². The molecule has 0 aliphatic carbocycles. The second kappa shape index (κ2) is 40.9. The lowest BCUT2D eigenvalue weighted by atomic mass is 10.1. The van der Waals surface area contributed by atoms with E-state index >= 15 is 0 Å². The fraction of sp³-hybridized carbons (Fsp3) is 0.909. The normalized spacial score (nSPS) is 13.9. The number of hydrogen-bond acceptors (Lipinski definition) is 9. The van der Waals surface area contributed by atoms with Crippen molar-refractivity contribution in [2.45, 2.75) is 232 Å². The molecule has 0 bridgehead atoms. The smallest absolute Gasteiger partial charge is 0.462 e. The molecule has 0 aromatic rings. The molecule has 0 aliphatic rings. The summed E-state index contributed by atoms with van der Waals surface area (Å²) in [6.45, 7) is 2.39. The Bertz CT molecular complexity index is 930. The molecule has 0 saturated heterocycles. The number of hydrogen-bond donors (Lipinski definition) is 3. The van der Waals surface area contributed by atoms with Crippen molar-refractivity contribution >= 4 is 19.8 Å². The molecule has 0 aromatic carbocycles. The maximum Gasteiger partial charge on any atom is 0.472 e. The minimum Gasteiger partial charge on any atom is -0.462 e. The minimum absolute atomic E-state index is 0.186. The maximum absolute atomic E-state index is 12.6. The molecule has 0 aliphatic heterocycles. The van der Waals surface area contributed by atoms with Crippen LogP contribution in [0.5, 0.6) is 0 Å². The summed E-state index contributed by atoms with van der Waals surface area (Å²) in [5.74, 6) is -0.918. The fourth-order valence-corrected chi connectivity index (χ4v) is 7.19. The van der Waals surface area contributed by atoms with Gasteiger partial charge in [0.15, 0.2) is 6.10 Å². The van der Waals surface area contributed by atoms with Gasteiger partial charge in [0.2, 0.25) is 0 Å². The Morgan fingerprint density at radius 1 is 0.527 bits per heavy atom. The number of carbonyl (C=O) groups is 2. The lowest BCUT2D eigenvalue weighted by Gasteiger charge is -2.20. The van der Waals surface area contributed by atoms with Crippen LogP contribution in [0.15, 0.2) is 12.2 Å². The molecule has 0 fully saturated rings. The Kier molecular flexibility index (Phi) is 39.9. The Morgan fingerprint density at radius 3 is 1.31 bits per heavy atom. The van der Waals surface area contributed by atoms with Gasteiger partial charge in [-0.25, -0.2) is 4.57 Å². The van der Waals surface area contributed by atoms with Crippen LogP contribution in [0, 0.1) is 0 Å². The zero-order valence-electron chi connectivity index (χ0n) is 35.4. The summed E-state index contributed by atoms with van der Waals surface area (Å²) in [7, 11) is -4.61. The third-order valence-electron chi connectivity index (χ3n) is 9.92. The maximum atomic E-state index is 12.6. The van der Waals surface area contributed by atoms with Crippen LogP contribution in [-0.4, -0.2) is 65.7 Å². The van der Waals surface area contributed by atoms with E-state index in [1.807, 2.05) is 0 Å². The van der Waals surface area contributed by atoms with E-state index in [2.05, 4.69) is 26.0 Å². The van der Waals surface area contributed by atoms with Crippen LogP contribution >= 0.6 is 7.82 Å². The largest absolute Gasteiger partial charge is 0.472 e. The molecule has 55 heavy (non-hydrogen) atoms. The molecule has 0 saturated carbocycles. The first kappa shape index (κ1) is 53.7. The third-order valence-corrected chi connectivity index (χ3v) is 10.9. The Labute approximate surface area is 336 Å². The van der Waals surface area contributed by atoms with Crippen LogP contribution in [0.2, 0.25) is 0 Å². The van der Waals surface area contributed by atoms with Gasteiger partial charge in [-0.3, -0.25) is 18.6 Å². The summed E-state index contributed by atoms with van der Waals surface area (Å²) in [6.07, 6.45) is 39.0. The fourth-order valence-electron chi connectivity index (χ4n) is 6.40. The summed E-state index contributed by atoms with van der Waals surface area (Å²) in [6, 6.07) is 0. The molecular weight excluding hydrogens is 719 g/mol. The highest BCUT2D eigenvalue weighted by Gasteiger charge is 2.27. The van der Waals surface area contributed by atoms with Gasteiger partial charge in [-0.15, -0.1) is 0 Å². The summed E-state index contributed by atoms with van der Waals surface area (Å²) in [5, 5.41) is 18.3. The number of phosphoric ester groups is 1. The number of aliphatic hydroxyl groups is 2. The first-order valence-electron chi connectivity index (χ1n) is 22.6. The molecule has 3 unspecified atom stereocenters. The van der Waals surface area contributed by atoms with Crippen molar-refractivity contribution in [1.82, 2.24) is 0 Å². The van der Waals surface area contributed by atoms with E-state index in [9.17, 15) is 24.2 Å². The van der Waals surface area contributed by atoms with Gasteiger partial charge < -0.3 is 24.6 Å². The van der Waals surface area contributed by atoms with Gasteiger partial charge in [0.05, 0.1) is 19.8 Å². The number of phosphoric acid groups is 1. The predicted molar refractivity (Wildman–Crippen MR) is 224 cm³/mol. The standard InChI is InChI=1S/C44H85O10P/c1-3-5-7-9-11-13-15-16-17-18-19-20-21-22-23-24-26-28-30-32-34-36-44(48)54-42(40-53-55(49,50)52-38-41(46)37-45)39-51-43(47)35-33-31-29-27-25-14-12-10-8-6-4-2/h18-19,41-42,45-46H,3-17,20-40H2,1-2H3,(H,49,50)/b19-18-. The first-order valence-corrected chi connectivity index (χ1v) is 24.1. The zero-order chi connectivity index (χ0) is 40.5. The van der Waals surface area contributed by atoms with Crippen LogP contribution in [0.3, 0.4) is 0 Å². The van der Waals surface area contributed by atoms with Crippen molar-refractivity contribution in [3.63, 3.8) is 0 Å². The van der Waals surface area contributed by atoms with Crippen LogP contribution < -0.4 is 0 Å². The molecule has 11 heteroatoms. The number of carbonyl (C=O) groups excluding carboxylic acids is 2. The SMILES string of the molecule is CCCCCCCCCC/C=C\CCCCCCCCCCCC(=O)OC(COC(=O)CCCCCCCCCCCCC)COP(=O)(O)OCC(O)CO. The molecule has 326 valence electrons. The van der Waals surface area contributed by atoms with Crippen LogP contribution in [-0.2, 0) is 32.7 Å². The third kappa shape index (κ3) is 40.7. The van der Waals surface area contributed by atoms with E-state index in [0.29, 0.717) is 12.8 Å². The highest BCUT2D eigenvalue weighted by molar-refractivity contribution is 7.47. The summed E-state index contributed by atoms with van der Waals surface area (Å²) in [5.41, 5.74) is 0. The Hall–Kier alpha value is -1.29. The van der Waals surface area contributed by atoms with Crippen LogP contribution in [0.1, 0.15) is 219 Å². The van der Waals surface area contributed by atoms with Gasteiger partial charge in [-0.05, 0) is 38.5 Å². The van der Waals surface area contributed by atoms with Crippen molar-refractivity contribution in [3.05, 3.63) is 12.2 Å². The molecule has 0 rings (SSSR count). The van der Waals surface area contributed by atoms with Gasteiger partial charge >= 0.3 is 19.8 Å². The number of ether oxygens (including phenoxy) is 2. The number of esters is 2. The summed E-state index contributed by atoms with van der Waals surface area (Å²) >= 11 is 0. The van der Waals surface area contributed by atoms with E-state index in [0.717, 1.165) is 38.5 Å². The van der Waals surface area contributed by atoms with Crippen molar-refractivity contribution in [1.29, 1.82) is 0 Å². The number of rotatable bonds is 43. The van der Waals surface area contributed by atoms with Gasteiger partial charge in [0, 0.05) is 12.8 Å². The number of unbranched alkanes of at least 4 members (excludes halogenated alkanes) is 27. The minimum atomic E-state index is -4.61. The number of aliphatic hydroxyl groups excluding tert-OH is 2. The van der Waals surface area contributed by atoms with Crippen molar-refractivity contribution in [2.24, 2.45) is 0 Å². The molecule has 10 nitrogen and oxygen atoms in total. The highest BCUT2D eigenvalue weighted by Crippen LogP contribution is 2.43. The first-order chi connectivity index (χ1) is 26.7. The highest BCUT2D eigenvalue weighted by atomic mass is 31.2. The van der Waals surface area contributed by atoms with E-state index in [-0.39, 0.29) is 19.4 Å². The predicted octanol–water partition coefficient (Wildman–Crippen LogP) is 12.0. The molecule has 3 atom stereocenters. The van der Waals surface area contributed by atoms with Crippen molar-refractivity contribution < 1.29 is 47.8 Å². The quantitative estimate of drug-likeness (QED) is 0.0235. The van der Waals surface area contributed by atoms with Crippen LogP contribution in [0.25, 0.3) is 0 Å². The zero-order valence-corrected chi connectivity index (χ0v) is 36.3. The Morgan fingerprint density at radius 2 is 0.891 bits per heavy atom. The average Bonchev–Trinajstić information content (AvgIpc) is 3.17. The van der Waals surface area contributed by atoms with Gasteiger partial charge in [-0.1, -0.05) is 180 Å². The molecule has 0 heterocycles. The van der Waals surface area contributed by atoms with Gasteiger partial charge in [0.1, 0.15) is 12.7 Å². The van der Waals surface area contributed by atoms with Crippen molar-refractivity contribution in [2.75, 3.05) is 26.4 Å². The van der Waals surface area contributed by atoms with E-state index in [1.165, 1.54) is 141 Å². The van der Waals surface area contributed by atoms with Crippen molar-refractivity contribution in [3.8, 4) is 0 Å². The average molecular weight is 805 g/mol. The monoisotopic (exact) mass is 805 g/mol. The molecule has 0 radical (unpaired) electrons. The van der Waals surface area contributed by atoms with Crippen LogP contribution in [0.4, 0.5) is 0 Å². The molecule has 0 amide bonds. The molecule has 0 aromatic heterocycles. The Balaban J connectivity index is 4.18. The van der Waals surface area contributed by atoms with E-state index in [1.54, 1.807) is 0 Å². The molecule has 3 N–H and O–H groups in total. The molecule has 0 spiro atoms. The summed E-state index contributed by atoms with van der Waals surface area (Å²) in [4.78, 5) is 35.0. The second-order valence-electron chi connectivity index (χ2n) is 15.4. The lowest BCUT2D eigenvalue weighted by molar-refractivity contribution is -0.161. The lowest BCUT2D eigenvalue weighted by Crippen LogP contribution is -2.29. The second-order valence-corrected chi connectivity index (χ2v) is 16.9. The van der Waals surface area contributed by atoms with Gasteiger partial charge in [0.25, 0.3) is 0 Å². The number of allylic oxidation sites excluding steroid dienone is 2. The van der Waals surface area contributed by atoms with E-state index in [4.69, 9.17) is 23.6 Å².